The summed E-state index contributed by atoms with van der Waals surface area (Å²) in [6, 6.07) is 8.46. The highest BCUT2D eigenvalue weighted by Crippen LogP contribution is 2.37. The Hall–Kier alpha value is -3.55. The lowest BCUT2D eigenvalue weighted by atomic mass is 9.88. The summed E-state index contributed by atoms with van der Waals surface area (Å²) in [6.45, 7) is 5.28. The van der Waals surface area contributed by atoms with Gasteiger partial charge in [0.15, 0.2) is 11.6 Å². The molecule has 1 heterocycles. The quantitative estimate of drug-likeness (QED) is 0.286. The number of carboxylic acids is 1. The van der Waals surface area contributed by atoms with Gasteiger partial charge >= 0.3 is 5.97 Å². The summed E-state index contributed by atoms with van der Waals surface area (Å²) in [5, 5.41) is 20.0. The molecule has 0 aliphatic carbocycles. The normalized spacial score (nSPS) is 16.8. The molecule has 1 aliphatic heterocycles. The Labute approximate surface area is 198 Å². The van der Waals surface area contributed by atoms with Gasteiger partial charge < -0.3 is 24.4 Å². The van der Waals surface area contributed by atoms with E-state index >= 15 is 0 Å². The molecule has 2 aromatic rings. The Morgan fingerprint density at radius 2 is 1.82 bits per heavy atom. The van der Waals surface area contributed by atoms with Crippen molar-refractivity contribution < 1.29 is 38.8 Å². The van der Waals surface area contributed by atoms with Gasteiger partial charge in [0.1, 0.15) is 23.0 Å². The molecular weight excluding hydrogens is 440 g/mol. The molecule has 1 aliphatic rings. The van der Waals surface area contributed by atoms with Crippen molar-refractivity contribution in [2.24, 2.45) is 0 Å². The molecule has 3 rings (SSSR count). The molecule has 0 saturated carbocycles. The molecule has 0 radical (unpaired) electrons. The molecule has 1 atom stereocenters. The Bertz CT molecular complexity index is 1070. The number of ketones is 2. The van der Waals surface area contributed by atoms with Crippen LogP contribution in [-0.4, -0.2) is 46.6 Å². The van der Waals surface area contributed by atoms with E-state index in [9.17, 15) is 24.6 Å². The number of phenols is 1. The number of carboxylic acid groups (broad SMARTS) is 1. The lowest BCUT2D eigenvalue weighted by Crippen LogP contribution is -2.52. The maximum Gasteiger partial charge on any atom is 0.355 e. The minimum atomic E-state index is -1.86. The Morgan fingerprint density at radius 3 is 2.47 bits per heavy atom. The molecule has 2 N–H and O–H groups in total. The van der Waals surface area contributed by atoms with Gasteiger partial charge in [-0.25, -0.2) is 4.79 Å². The van der Waals surface area contributed by atoms with Gasteiger partial charge in [0.2, 0.25) is 0 Å². The zero-order chi connectivity index (χ0) is 24.9. The van der Waals surface area contributed by atoms with Gasteiger partial charge in [-0.05, 0) is 50.5 Å². The molecule has 0 fully saturated rings. The van der Waals surface area contributed by atoms with E-state index in [2.05, 4.69) is 0 Å². The van der Waals surface area contributed by atoms with Crippen LogP contribution in [0.4, 0.5) is 0 Å². The third-order valence-electron chi connectivity index (χ3n) is 5.92. The van der Waals surface area contributed by atoms with Crippen molar-refractivity contribution in [3.8, 4) is 23.0 Å². The van der Waals surface area contributed by atoms with Crippen LogP contribution in [0.5, 0.6) is 23.0 Å². The highest BCUT2D eigenvalue weighted by Gasteiger charge is 2.48. The molecule has 0 spiro atoms. The first-order chi connectivity index (χ1) is 16.2. The number of aliphatic carboxylic acids is 1. The second kappa shape index (κ2) is 10.6. The van der Waals surface area contributed by atoms with Crippen LogP contribution in [0, 0.1) is 0 Å². The van der Waals surface area contributed by atoms with E-state index in [0.29, 0.717) is 55.3 Å². The molecule has 1 unspecified atom stereocenters. The van der Waals surface area contributed by atoms with Gasteiger partial charge in [-0.3, -0.25) is 9.59 Å². The van der Waals surface area contributed by atoms with E-state index in [4.69, 9.17) is 14.2 Å². The van der Waals surface area contributed by atoms with Crippen molar-refractivity contribution in [2.45, 2.75) is 58.5 Å². The molecule has 34 heavy (non-hydrogen) atoms. The van der Waals surface area contributed by atoms with E-state index in [1.165, 1.54) is 13.8 Å². The molecule has 8 nitrogen and oxygen atoms in total. The predicted molar refractivity (Wildman–Crippen MR) is 124 cm³/mol. The van der Waals surface area contributed by atoms with Crippen molar-refractivity contribution in [2.75, 3.05) is 13.2 Å². The summed E-state index contributed by atoms with van der Waals surface area (Å²) >= 11 is 0. The molecular formula is C26H30O8. The fraction of sp³-hybridized carbons (Fsp3) is 0.423. The highest BCUT2D eigenvalue weighted by molar-refractivity contribution is 6.06. The molecule has 0 saturated heterocycles. The maximum absolute atomic E-state index is 12.0. The van der Waals surface area contributed by atoms with Gasteiger partial charge in [-0.1, -0.05) is 19.4 Å². The minimum Gasteiger partial charge on any atom is -0.507 e. The lowest BCUT2D eigenvalue weighted by Gasteiger charge is -2.33. The van der Waals surface area contributed by atoms with Crippen LogP contribution in [0.3, 0.4) is 0 Å². The summed E-state index contributed by atoms with van der Waals surface area (Å²) in [5.74, 6) is -0.687. The van der Waals surface area contributed by atoms with E-state index < -0.39 is 17.4 Å². The SMILES string of the molecule is CCCc1c(OCCCOc2ccc3c(c2)OC(C(C)=O)(C(=O)O)CC3)ccc(C(C)=O)c1O. The van der Waals surface area contributed by atoms with Crippen molar-refractivity contribution in [3.05, 3.63) is 47.0 Å². The van der Waals surface area contributed by atoms with E-state index in [1.807, 2.05) is 13.0 Å². The first-order valence-corrected chi connectivity index (χ1v) is 11.4. The predicted octanol–water partition coefficient (Wildman–Crippen LogP) is 4.13. The molecule has 8 heteroatoms. The van der Waals surface area contributed by atoms with Gasteiger partial charge in [0.25, 0.3) is 5.60 Å². The third kappa shape index (κ3) is 5.16. The number of aryl methyl sites for hydroxylation is 1. The standard InChI is InChI=1S/C26H30O8/c1-4-6-21-22(10-9-20(16(2)27)24(21)29)33-14-5-13-32-19-8-7-18-11-12-26(17(3)28,25(30)31)34-23(18)15-19/h7-10,15,29H,4-6,11-14H2,1-3H3,(H,30,31). The van der Waals surface area contributed by atoms with Crippen molar-refractivity contribution >= 4 is 17.5 Å². The summed E-state index contributed by atoms with van der Waals surface area (Å²) in [4.78, 5) is 35.3. The number of Topliss-reactive ketones (excluding diaryl/α,β-unsaturated/α-hetero) is 2. The second-order valence-corrected chi connectivity index (χ2v) is 8.36. The largest absolute Gasteiger partial charge is 0.507 e. The number of rotatable bonds is 11. The average Bonchev–Trinajstić information content (AvgIpc) is 2.79. The first kappa shape index (κ1) is 25.1. The number of hydrogen-bond acceptors (Lipinski definition) is 7. The van der Waals surface area contributed by atoms with Gasteiger partial charge in [-0.2, -0.15) is 0 Å². The Morgan fingerprint density at radius 1 is 1.09 bits per heavy atom. The monoisotopic (exact) mass is 470 g/mol. The fourth-order valence-electron chi connectivity index (χ4n) is 3.98. The fourth-order valence-corrected chi connectivity index (χ4v) is 3.98. The zero-order valence-electron chi connectivity index (χ0n) is 19.7. The number of hydrogen-bond donors (Lipinski definition) is 2. The summed E-state index contributed by atoms with van der Waals surface area (Å²) in [7, 11) is 0. The summed E-state index contributed by atoms with van der Waals surface area (Å²) < 4.78 is 17.2. The van der Waals surface area contributed by atoms with Crippen molar-refractivity contribution in [1.82, 2.24) is 0 Å². The van der Waals surface area contributed by atoms with Crippen molar-refractivity contribution in [3.63, 3.8) is 0 Å². The van der Waals surface area contributed by atoms with Crippen LogP contribution >= 0.6 is 0 Å². The number of fused-ring (bicyclic) bond motifs is 1. The topological polar surface area (TPSA) is 119 Å². The number of aromatic hydroxyl groups is 1. The van der Waals surface area contributed by atoms with E-state index in [0.717, 1.165) is 12.0 Å². The van der Waals surface area contributed by atoms with Gasteiger partial charge in [0.05, 0.1) is 18.8 Å². The number of benzene rings is 2. The van der Waals surface area contributed by atoms with Crippen LogP contribution in [0.1, 0.15) is 61.5 Å². The minimum absolute atomic E-state index is 0.0276. The van der Waals surface area contributed by atoms with Crippen LogP contribution in [0.2, 0.25) is 0 Å². The van der Waals surface area contributed by atoms with E-state index in [-0.39, 0.29) is 23.5 Å². The number of carbonyl (C=O) groups is 3. The highest BCUT2D eigenvalue weighted by atomic mass is 16.5. The third-order valence-corrected chi connectivity index (χ3v) is 5.92. The first-order valence-electron chi connectivity index (χ1n) is 11.4. The smallest absolute Gasteiger partial charge is 0.355 e. The summed E-state index contributed by atoms with van der Waals surface area (Å²) in [5.41, 5.74) is -0.133. The van der Waals surface area contributed by atoms with Crippen molar-refractivity contribution in [1.29, 1.82) is 0 Å². The Balaban J connectivity index is 1.59. The average molecular weight is 471 g/mol. The molecule has 0 amide bonds. The molecule has 0 bridgehead atoms. The summed E-state index contributed by atoms with van der Waals surface area (Å²) in [6.07, 6.45) is 2.44. The van der Waals surface area contributed by atoms with Crippen LogP contribution in [-0.2, 0) is 22.4 Å². The van der Waals surface area contributed by atoms with Gasteiger partial charge in [-0.15, -0.1) is 0 Å². The molecule has 2 aromatic carbocycles. The Kier molecular flexibility index (Phi) is 7.81. The van der Waals surface area contributed by atoms with Crippen LogP contribution < -0.4 is 14.2 Å². The van der Waals surface area contributed by atoms with Crippen LogP contribution in [0.25, 0.3) is 0 Å². The second-order valence-electron chi connectivity index (χ2n) is 8.36. The number of carbonyl (C=O) groups excluding carboxylic acids is 2. The van der Waals surface area contributed by atoms with E-state index in [1.54, 1.807) is 24.3 Å². The number of ether oxygens (including phenoxy) is 3. The number of phenolic OH excluding ortho intramolecular Hbond substituents is 1. The van der Waals surface area contributed by atoms with Gasteiger partial charge in [0, 0.05) is 24.5 Å². The molecule has 182 valence electrons. The maximum atomic E-state index is 12.0. The lowest BCUT2D eigenvalue weighted by molar-refractivity contribution is -0.162. The molecule has 0 aromatic heterocycles. The van der Waals surface area contributed by atoms with Crippen LogP contribution in [0.15, 0.2) is 30.3 Å². The zero-order valence-corrected chi connectivity index (χ0v) is 19.7.